The van der Waals surface area contributed by atoms with Crippen LogP contribution in [0.2, 0.25) is 0 Å². The van der Waals surface area contributed by atoms with Gasteiger partial charge in [0.25, 0.3) is 0 Å². The van der Waals surface area contributed by atoms with Crippen LogP contribution in [-0.4, -0.2) is 37.2 Å². The Bertz CT molecular complexity index is 1090. The van der Waals surface area contributed by atoms with Gasteiger partial charge in [0, 0.05) is 19.3 Å². The van der Waals surface area contributed by atoms with Gasteiger partial charge < -0.3 is 14.2 Å². The minimum absolute atomic E-state index is 0.0631. The Kier molecular flexibility index (Phi) is 53.9. The van der Waals surface area contributed by atoms with E-state index >= 15 is 0 Å². The Hall–Kier alpha value is -1.59. The largest absolute Gasteiger partial charge is 0.462 e. The third-order valence-corrected chi connectivity index (χ3v) is 15.0. The molecule has 0 heterocycles. The van der Waals surface area contributed by atoms with Gasteiger partial charge in [-0.1, -0.05) is 318 Å². The molecule has 0 amide bonds. The van der Waals surface area contributed by atoms with Gasteiger partial charge in [0.15, 0.2) is 6.10 Å². The highest BCUT2D eigenvalue weighted by molar-refractivity contribution is 5.71. The van der Waals surface area contributed by atoms with E-state index in [4.69, 9.17) is 14.2 Å². The summed E-state index contributed by atoms with van der Waals surface area (Å²) < 4.78 is 16.9. The van der Waals surface area contributed by atoms with Crippen molar-refractivity contribution in [3.8, 4) is 0 Å². The fraction of sp³-hybridized carbons (Fsp3) is 0.953. The topological polar surface area (TPSA) is 78.9 Å². The molecular formula is C64H124O6. The normalized spacial score (nSPS) is 12.5. The lowest BCUT2D eigenvalue weighted by atomic mass is 9.99. The molecule has 0 spiro atoms. The van der Waals surface area contributed by atoms with E-state index in [-0.39, 0.29) is 31.1 Å². The lowest BCUT2D eigenvalue weighted by Gasteiger charge is -2.18. The summed E-state index contributed by atoms with van der Waals surface area (Å²) in [5, 5.41) is 0. The minimum Gasteiger partial charge on any atom is -0.462 e. The zero-order chi connectivity index (χ0) is 51.2. The summed E-state index contributed by atoms with van der Waals surface area (Å²) in [6.45, 7) is 13.8. The first-order chi connectivity index (χ1) is 34.1. The van der Waals surface area contributed by atoms with Crippen molar-refractivity contribution in [2.75, 3.05) is 13.2 Å². The number of hydrogen-bond acceptors (Lipinski definition) is 6. The second-order valence-corrected chi connectivity index (χ2v) is 23.2. The molecule has 0 saturated carbocycles. The van der Waals surface area contributed by atoms with Crippen molar-refractivity contribution < 1.29 is 28.6 Å². The molecule has 6 heteroatoms. The highest BCUT2D eigenvalue weighted by atomic mass is 16.6. The molecule has 0 aromatic heterocycles. The van der Waals surface area contributed by atoms with Crippen molar-refractivity contribution in [2.45, 2.75) is 362 Å². The van der Waals surface area contributed by atoms with Gasteiger partial charge in [-0.2, -0.15) is 0 Å². The fourth-order valence-corrected chi connectivity index (χ4v) is 9.85. The maximum atomic E-state index is 12.9. The van der Waals surface area contributed by atoms with E-state index < -0.39 is 6.10 Å². The van der Waals surface area contributed by atoms with Gasteiger partial charge >= 0.3 is 17.9 Å². The Morgan fingerprint density at radius 3 is 0.743 bits per heavy atom. The number of carbonyl (C=O) groups is 3. The molecule has 0 radical (unpaired) electrons. The van der Waals surface area contributed by atoms with E-state index in [2.05, 4.69) is 41.5 Å². The SMILES string of the molecule is CCC(C)CCCCCCCCCCC(=O)OC[C@@H](COC(=O)CCCCCCCCCCCCCCCCCCC(C)C)OC(=O)CCCCCCCCCCCCCCCCCCCCC(C)C. The predicted octanol–water partition coefficient (Wildman–Crippen LogP) is 21.1. The summed E-state index contributed by atoms with van der Waals surface area (Å²) >= 11 is 0. The van der Waals surface area contributed by atoms with Crippen LogP contribution in [0.5, 0.6) is 0 Å². The zero-order valence-corrected chi connectivity index (χ0v) is 48.3. The van der Waals surface area contributed by atoms with Crippen LogP contribution < -0.4 is 0 Å². The number of esters is 3. The average molecular weight is 990 g/mol. The second-order valence-electron chi connectivity index (χ2n) is 23.2. The Morgan fingerprint density at radius 2 is 0.500 bits per heavy atom. The zero-order valence-electron chi connectivity index (χ0n) is 48.3. The van der Waals surface area contributed by atoms with Crippen LogP contribution in [-0.2, 0) is 28.6 Å². The molecule has 2 atom stereocenters. The van der Waals surface area contributed by atoms with Crippen LogP contribution in [0.15, 0.2) is 0 Å². The van der Waals surface area contributed by atoms with Gasteiger partial charge in [0.1, 0.15) is 13.2 Å². The highest BCUT2D eigenvalue weighted by Gasteiger charge is 2.19. The molecule has 6 nitrogen and oxygen atoms in total. The molecule has 416 valence electrons. The number of unbranched alkanes of at least 4 members (excludes halogenated alkanes) is 39. The van der Waals surface area contributed by atoms with Crippen molar-refractivity contribution in [1.82, 2.24) is 0 Å². The minimum atomic E-state index is -0.764. The summed E-state index contributed by atoms with van der Waals surface area (Å²) in [7, 11) is 0. The number of rotatable bonds is 57. The van der Waals surface area contributed by atoms with Crippen LogP contribution in [0.4, 0.5) is 0 Å². The third-order valence-electron chi connectivity index (χ3n) is 15.0. The summed E-state index contributed by atoms with van der Waals surface area (Å²) in [6.07, 6.45) is 59.6. The lowest BCUT2D eigenvalue weighted by Crippen LogP contribution is -2.30. The molecule has 70 heavy (non-hydrogen) atoms. The number of hydrogen-bond donors (Lipinski definition) is 0. The van der Waals surface area contributed by atoms with Gasteiger partial charge in [-0.15, -0.1) is 0 Å². The molecule has 1 unspecified atom stereocenters. The standard InChI is InChI=1S/C64H124O6/c1-7-60(6)52-46-40-34-30-31-36-42-48-54-63(66)69-57-61(56-68-62(65)53-47-41-35-28-24-20-16-13-12-15-19-23-27-33-39-45-51-59(4)5)70-64(67)55-49-43-37-29-25-21-17-11-9-8-10-14-18-22-26-32-38-44-50-58(2)3/h58-61H,7-57H2,1-6H3/t60?,61-/m1/s1. The van der Waals surface area contributed by atoms with Crippen molar-refractivity contribution >= 4 is 17.9 Å². The maximum absolute atomic E-state index is 12.9. The predicted molar refractivity (Wildman–Crippen MR) is 303 cm³/mol. The molecule has 0 aliphatic heterocycles. The van der Waals surface area contributed by atoms with E-state index in [9.17, 15) is 14.4 Å². The molecule has 0 fully saturated rings. The summed E-state index contributed by atoms with van der Waals surface area (Å²) in [6, 6.07) is 0. The van der Waals surface area contributed by atoms with Crippen LogP contribution in [0.1, 0.15) is 356 Å². The van der Waals surface area contributed by atoms with Crippen molar-refractivity contribution in [2.24, 2.45) is 17.8 Å². The van der Waals surface area contributed by atoms with Gasteiger partial charge in [-0.3, -0.25) is 14.4 Å². The first-order valence-corrected chi connectivity index (χ1v) is 31.6. The molecule has 0 aliphatic carbocycles. The van der Waals surface area contributed by atoms with E-state index in [0.29, 0.717) is 19.3 Å². The third kappa shape index (κ3) is 55.7. The van der Waals surface area contributed by atoms with Crippen LogP contribution in [0.25, 0.3) is 0 Å². The van der Waals surface area contributed by atoms with E-state index in [0.717, 1.165) is 75.5 Å². The molecule has 0 N–H and O–H groups in total. The van der Waals surface area contributed by atoms with Crippen LogP contribution in [0, 0.1) is 17.8 Å². The summed E-state index contributed by atoms with van der Waals surface area (Å²) in [4.78, 5) is 38.3. The molecule has 0 bridgehead atoms. The summed E-state index contributed by atoms with van der Waals surface area (Å²) in [5.41, 5.74) is 0. The molecular weight excluding hydrogens is 865 g/mol. The van der Waals surface area contributed by atoms with E-state index in [1.807, 2.05) is 0 Å². The van der Waals surface area contributed by atoms with Gasteiger partial charge in [0.05, 0.1) is 0 Å². The van der Waals surface area contributed by atoms with E-state index in [1.54, 1.807) is 0 Å². The van der Waals surface area contributed by atoms with Crippen molar-refractivity contribution in [3.63, 3.8) is 0 Å². The average Bonchev–Trinajstić information content (AvgIpc) is 3.33. The Morgan fingerprint density at radius 1 is 0.286 bits per heavy atom. The van der Waals surface area contributed by atoms with Crippen molar-refractivity contribution in [1.29, 1.82) is 0 Å². The number of carbonyl (C=O) groups excluding carboxylic acids is 3. The summed E-state index contributed by atoms with van der Waals surface area (Å²) in [5.74, 6) is 1.72. The van der Waals surface area contributed by atoms with Crippen molar-refractivity contribution in [3.05, 3.63) is 0 Å². The smallest absolute Gasteiger partial charge is 0.306 e. The highest BCUT2D eigenvalue weighted by Crippen LogP contribution is 2.19. The first kappa shape index (κ1) is 68.4. The molecule has 0 saturated heterocycles. The maximum Gasteiger partial charge on any atom is 0.306 e. The quantitative estimate of drug-likeness (QED) is 0.0343. The number of ether oxygens (including phenoxy) is 3. The first-order valence-electron chi connectivity index (χ1n) is 31.6. The van der Waals surface area contributed by atoms with Gasteiger partial charge in [-0.05, 0) is 37.0 Å². The Labute approximate surface area is 438 Å². The van der Waals surface area contributed by atoms with Crippen LogP contribution >= 0.6 is 0 Å². The lowest BCUT2D eigenvalue weighted by molar-refractivity contribution is -0.167. The van der Waals surface area contributed by atoms with Gasteiger partial charge in [0.2, 0.25) is 0 Å². The molecule has 0 aliphatic rings. The van der Waals surface area contributed by atoms with E-state index in [1.165, 1.54) is 238 Å². The molecule has 0 rings (SSSR count). The monoisotopic (exact) mass is 989 g/mol. The molecule has 0 aromatic rings. The van der Waals surface area contributed by atoms with Gasteiger partial charge in [-0.25, -0.2) is 0 Å². The van der Waals surface area contributed by atoms with Crippen LogP contribution in [0.3, 0.4) is 0 Å². The second kappa shape index (κ2) is 55.2. The Balaban J connectivity index is 4.25. The molecule has 0 aromatic carbocycles. The fourth-order valence-electron chi connectivity index (χ4n) is 9.85.